The molecule has 0 bridgehead atoms. The highest BCUT2D eigenvalue weighted by atomic mass is 16.5. The fourth-order valence-corrected chi connectivity index (χ4v) is 1.63. The first-order valence-corrected chi connectivity index (χ1v) is 5.44. The molecule has 0 aromatic heterocycles. The van der Waals surface area contributed by atoms with Crippen LogP contribution in [0, 0.1) is 11.3 Å². The van der Waals surface area contributed by atoms with Crippen LogP contribution in [0.3, 0.4) is 0 Å². The fourth-order valence-electron chi connectivity index (χ4n) is 1.63. The zero-order chi connectivity index (χ0) is 13.0. The Labute approximate surface area is 106 Å². The van der Waals surface area contributed by atoms with Gasteiger partial charge in [0.15, 0.2) is 0 Å². The second kappa shape index (κ2) is 5.11. The number of nitriles is 1. The smallest absolute Gasteiger partial charge is 0.120 e. The van der Waals surface area contributed by atoms with E-state index in [9.17, 15) is 0 Å². The number of para-hydroxylation sites is 1. The van der Waals surface area contributed by atoms with E-state index in [1.807, 2.05) is 30.3 Å². The van der Waals surface area contributed by atoms with Gasteiger partial charge in [-0.2, -0.15) is 5.26 Å². The largest absolute Gasteiger partial charge is 0.497 e. The molecule has 0 saturated carbocycles. The van der Waals surface area contributed by atoms with Crippen LogP contribution in [0.15, 0.2) is 42.5 Å². The molecule has 2 aromatic carbocycles. The van der Waals surface area contributed by atoms with Gasteiger partial charge >= 0.3 is 0 Å². The number of nitrogens with two attached hydrogens (primary N) is 1. The highest BCUT2D eigenvalue weighted by Gasteiger charge is 2.04. The van der Waals surface area contributed by atoms with Crippen molar-refractivity contribution in [3.8, 4) is 11.8 Å². The van der Waals surface area contributed by atoms with Gasteiger partial charge in [-0.05, 0) is 24.3 Å². The van der Waals surface area contributed by atoms with Crippen molar-refractivity contribution in [2.75, 3.05) is 18.2 Å². The molecule has 18 heavy (non-hydrogen) atoms. The van der Waals surface area contributed by atoms with Crippen molar-refractivity contribution in [1.82, 2.24) is 0 Å². The van der Waals surface area contributed by atoms with Crippen LogP contribution in [-0.4, -0.2) is 7.11 Å². The van der Waals surface area contributed by atoms with Crippen molar-refractivity contribution < 1.29 is 4.74 Å². The summed E-state index contributed by atoms with van der Waals surface area (Å²) in [5, 5.41) is 12.1. The van der Waals surface area contributed by atoms with E-state index in [1.165, 1.54) is 0 Å². The predicted molar refractivity (Wildman–Crippen MR) is 71.8 cm³/mol. The Kier molecular flexibility index (Phi) is 3.35. The summed E-state index contributed by atoms with van der Waals surface area (Å²) in [5.41, 5.74) is 8.37. The van der Waals surface area contributed by atoms with Gasteiger partial charge in [-0.25, -0.2) is 0 Å². The van der Waals surface area contributed by atoms with Crippen LogP contribution in [0.1, 0.15) is 5.56 Å². The lowest BCUT2D eigenvalue weighted by molar-refractivity contribution is 0.415. The molecular weight excluding hydrogens is 226 g/mol. The molecule has 0 heterocycles. The number of hydrogen-bond donors (Lipinski definition) is 2. The van der Waals surface area contributed by atoms with Gasteiger partial charge in [0.1, 0.15) is 11.8 Å². The van der Waals surface area contributed by atoms with Gasteiger partial charge in [0.25, 0.3) is 0 Å². The van der Waals surface area contributed by atoms with Crippen molar-refractivity contribution in [2.24, 2.45) is 0 Å². The number of nitrogen functional groups attached to an aromatic ring is 1. The number of ether oxygens (including phenoxy) is 1. The van der Waals surface area contributed by atoms with Crippen molar-refractivity contribution in [2.45, 2.75) is 0 Å². The lowest BCUT2D eigenvalue weighted by atomic mass is 10.1. The zero-order valence-electron chi connectivity index (χ0n) is 9.97. The molecule has 3 N–H and O–H groups in total. The number of nitrogens with zero attached hydrogens (tertiary/aromatic N) is 1. The van der Waals surface area contributed by atoms with Crippen molar-refractivity contribution in [1.29, 1.82) is 5.26 Å². The molecule has 4 nitrogen and oxygen atoms in total. The molecule has 0 aliphatic rings. The summed E-state index contributed by atoms with van der Waals surface area (Å²) in [7, 11) is 1.61. The monoisotopic (exact) mass is 239 g/mol. The number of hydrogen-bond acceptors (Lipinski definition) is 4. The minimum atomic E-state index is 0.447. The molecule has 0 aliphatic carbocycles. The number of nitrogens with one attached hydrogen (secondary N) is 1. The number of methoxy groups -OCH3 is 1. The first-order chi connectivity index (χ1) is 8.74. The van der Waals surface area contributed by atoms with Gasteiger partial charge in [0.05, 0.1) is 24.0 Å². The average molecular weight is 239 g/mol. The maximum absolute atomic E-state index is 8.91. The van der Waals surface area contributed by atoms with Gasteiger partial charge in [0, 0.05) is 11.8 Å². The van der Waals surface area contributed by atoms with Gasteiger partial charge < -0.3 is 15.8 Å². The predicted octanol–water partition coefficient (Wildman–Crippen LogP) is 2.89. The minimum absolute atomic E-state index is 0.447. The molecule has 90 valence electrons. The fraction of sp³-hybridized carbons (Fsp3) is 0.0714. The van der Waals surface area contributed by atoms with E-state index in [0.717, 1.165) is 11.4 Å². The van der Waals surface area contributed by atoms with E-state index >= 15 is 0 Å². The summed E-state index contributed by atoms with van der Waals surface area (Å²) in [6.45, 7) is 0. The summed E-state index contributed by atoms with van der Waals surface area (Å²) < 4.78 is 5.14. The van der Waals surface area contributed by atoms with Gasteiger partial charge in [-0.15, -0.1) is 0 Å². The molecule has 0 fully saturated rings. The third-order valence-corrected chi connectivity index (χ3v) is 2.58. The Morgan fingerprint density at radius 3 is 2.72 bits per heavy atom. The molecule has 0 spiro atoms. The molecule has 0 aliphatic heterocycles. The van der Waals surface area contributed by atoms with Gasteiger partial charge in [0.2, 0.25) is 0 Å². The summed E-state index contributed by atoms with van der Waals surface area (Å²) in [6, 6.07) is 14.9. The summed E-state index contributed by atoms with van der Waals surface area (Å²) in [5.74, 6) is 0.759. The average Bonchev–Trinajstić information content (AvgIpc) is 2.41. The Morgan fingerprint density at radius 1 is 1.22 bits per heavy atom. The van der Waals surface area contributed by atoms with Crippen LogP contribution in [0.2, 0.25) is 0 Å². The third-order valence-electron chi connectivity index (χ3n) is 2.58. The molecule has 0 amide bonds. The molecule has 2 rings (SSSR count). The van der Waals surface area contributed by atoms with Crippen LogP contribution in [0.25, 0.3) is 0 Å². The molecule has 0 saturated heterocycles. The molecule has 4 heteroatoms. The number of anilines is 3. The van der Waals surface area contributed by atoms with E-state index in [4.69, 9.17) is 15.7 Å². The topological polar surface area (TPSA) is 71.1 Å². The molecule has 0 unspecified atom stereocenters. The third kappa shape index (κ3) is 2.36. The molecule has 2 aromatic rings. The normalized spacial score (nSPS) is 9.56. The molecule has 0 atom stereocenters. The van der Waals surface area contributed by atoms with Crippen LogP contribution in [-0.2, 0) is 0 Å². The summed E-state index contributed by atoms with van der Waals surface area (Å²) in [6.07, 6.45) is 0. The molecule has 0 radical (unpaired) electrons. The van der Waals surface area contributed by atoms with Crippen molar-refractivity contribution in [3.63, 3.8) is 0 Å². The lowest BCUT2D eigenvalue weighted by Crippen LogP contribution is -1.98. The van der Waals surface area contributed by atoms with E-state index in [0.29, 0.717) is 16.9 Å². The minimum Gasteiger partial charge on any atom is -0.497 e. The van der Waals surface area contributed by atoms with E-state index in [2.05, 4.69) is 11.4 Å². The first-order valence-electron chi connectivity index (χ1n) is 5.44. The second-order valence-electron chi connectivity index (χ2n) is 3.74. The Bertz CT molecular complexity index is 602. The zero-order valence-corrected chi connectivity index (χ0v) is 9.97. The standard InChI is InChI=1S/C14H13N3O/c1-18-12-6-3-5-11(8-12)17-13-7-2-4-10(9-15)14(13)16/h2-8,17H,16H2,1H3. The maximum Gasteiger partial charge on any atom is 0.120 e. The number of benzene rings is 2. The molecular formula is C14H13N3O. The van der Waals surface area contributed by atoms with E-state index in [1.54, 1.807) is 19.2 Å². The van der Waals surface area contributed by atoms with Crippen LogP contribution in [0.5, 0.6) is 5.75 Å². The first kappa shape index (κ1) is 11.8. The second-order valence-corrected chi connectivity index (χ2v) is 3.74. The van der Waals surface area contributed by atoms with Gasteiger partial charge in [-0.3, -0.25) is 0 Å². The lowest BCUT2D eigenvalue weighted by Gasteiger charge is -2.11. The van der Waals surface area contributed by atoms with Crippen molar-refractivity contribution >= 4 is 17.1 Å². The van der Waals surface area contributed by atoms with Crippen LogP contribution >= 0.6 is 0 Å². The highest BCUT2D eigenvalue weighted by Crippen LogP contribution is 2.27. The highest BCUT2D eigenvalue weighted by molar-refractivity contribution is 5.77. The van der Waals surface area contributed by atoms with Crippen LogP contribution in [0.4, 0.5) is 17.1 Å². The van der Waals surface area contributed by atoms with E-state index < -0.39 is 0 Å². The quantitative estimate of drug-likeness (QED) is 0.808. The summed E-state index contributed by atoms with van der Waals surface area (Å²) in [4.78, 5) is 0. The SMILES string of the molecule is COc1cccc(Nc2cccc(C#N)c2N)c1. The Balaban J connectivity index is 2.31. The van der Waals surface area contributed by atoms with Gasteiger partial charge in [-0.1, -0.05) is 12.1 Å². The van der Waals surface area contributed by atoms with E-state index in [-0.39, 0.29) is 0 Å². The Morgan fingerprint density at radius 2 is 2.00 bits per heavy atom. The van der Waals surface area contributed by atoms with Crippen LogP contribution < -0.4 is 15.8 Å². The van der Waals surface area contributed by atoms with Crippen molar-refractivity contribution in [3.05, 3.63) is 48.0 Å². The maximum atomic E-state index is 8.91. The summed E-state index contributed by atoms with van der Waals surface area (Å²) >= 11 is 0. The number of rotatable bonds is 3. The Hall–Kier alpha value is -2.67.